The predicted octanol–water partition coefficient (Wildman–Crippen LogP) is 2.39. The summed E-state index contributed by atoms with van der Waals surface area (Å²) in [7, 11) is 0. The lowest BCUT2D eigenvalue weighted by molar-refractivity contribution is -0.122. The molecular weight excluding hydrogens is 317 g/mol. The smallest absolute Gasteiger partial charge is 0.234 e. The minimum Gasteiger partial charge on any atom is -0.352 e. The van der Waals surface area contributed by atoms with E-state index in [1.165, 1.54) is 24.8 Å². The van der Waals surface area contributed by atoms with Crippen LogP contribution in [-0.4, -0.2) is 54.5 Å². The molecule has 1 unspecified atom stereocenters. The van der Waals surface area contributed by atoms with E-state index in [1.807, 2.05) is 12.1 Å². The topological polar surface area (TPSA) is 35.6 Å². The first-order valence-corrected chi connectivity index (χ1v) is 9.59. The van der Waals surface area contributed by atoms with Gasteiger partial charge in [-0.05, 0) is 68.3 Å². The minimum absolute atomic E-state index is 0.172. The molecule has 1 amide bonds. The minimum atomic E-state index is -0.172. The molecule has 0 bridgehead atoms. The van der Waals surface area contributed by atoms with Crippen LogP contribution in [0.25, 0.3) is 0 Å². The second-order valence-corrected chi connectivity index (χ2v) is 8.24. The highest BCUT2D eigenvalue weighted by Gasteiger charge is 2.41. The fraction of sp³-hybridized carbons (Fsp3) is 0.650. The number of nitrogens with zero attached hydrogens (tertiary/aromatic N) is 2. The molecule has 1 aromatic carbocycles. The van der Waals surface area contributed by atoms with Crippen LogP contribution in [0.2, 0.25) is 0 Å². The van der Waals surface area contributed by atoms with Crippen molar-refractivity contribution in [2.75, 3.05) is 32.7 Å². The molecule has 0 aromatic heterocycles. The second kappa shape index (κ2) is 7.04. The van der Waals surface area contributed by atoms with Crippen LogP contribution in [0.15, 0.2) is 24.3 Å². The van der Waals surface area contributed by atoms with E-state index in [0.717, 1.165) is 45.6 Å². The van der Waals surface area contributed by atoms with E-state index in [4.69, 9.17) is 0 Å². The van der Waals surface area contributed by atoms with Gasteiger partial charge < -0.3 is 5.32 Å². The first-order valence-electron chi connectivity index (χ1n) is 9.59. The molecule has 3 fully saturated rings. The monoisotopic (exact) mass is 345 g/mol. The Morgan fingerprint density at radius 1 is 1.12 bits per heavy atom. The third-order valence-electron chi connectivity index (χ3n) is 5.89. The van der Waals surface area contributed by atoms with Crippen molar-refractivity contribution in [1.82, 2.24) is 15.1 Å². The SMILES string of the molecule is O=C(CN1CCC2(CCCN(Cc3ccc(F)cc3)C2)C1)NC1CC1. The summed E-state index contributed by atoms with van der Waals surface area (Å²) in [6.45, 7) is 5.71. The maximum absolute atomic E-state index is 13.1. The Labute approximate surface area is 149 Å². The first-order chi connectivity index (χ1) is 12.1. The zero-order valence-corrected chi connectivity index (χ0v) is 14.8. The summed E-state index contributed by atoms with van der Waals surface area (Å²) in [6, 6.07) is 7.32. The van der Waals surface area contributed by atoms with Gasteiger partial charge in [-0.3, -0.25) is 14.6 Å². The van der Waals surface area contributed by atoms with Crippen LogP contribution in [0.3, 0.4) is 0 Å². The fourth-order valence-electron chi connectivity index (χ4n) is 4.49. The molecule has 1 spiro atoms. The predicted molar refractivity (Wildman–Crippen MR) is 95.6 cm³/mol. The lowest BCUT2D eigenvalue weighted by atomic mass is 9.79. The molecule has 1 aliphatic carbocycles. The molecule has 0 radical (unpaired) electrons. The van der Waals surface area contributed by atoms with Crippen molar-refractivity contribution in [1.29, 1.82) is 0 Å². The molecule has 3 aliphatic rings. The van der Waals surface area contributed by atoms with E-state index in [2.05, 4.69) is 15.1 Å². The Bertz CT molecular complexity index is 616. The van der Waals surface area contributed by atoms with Crippen LogP contribution in [0.1, 0.15) is 37.7 Å². The van der Waals surface area contributed by atoms with Crippen LogP contribution in [0, 0.1) is 11.2 Å². The van der Waals surface area contributed by atoms with Gasteiger partial charge in [-0.1, -0.05) is 12.1 Å². The molecule has 2 saturated heterocycles. The van der Waals surface area contributed by atoms with Crippen molar-refractivity contribution >= 4 is 5.91 Å². The number of rotatable bonds is 5. The highest BCUT2D eigenvalue weighted by atomic mass is 19.1. The van der Waals surface area contributed by atoms with Gasteiger partial charge in [-0.25, -0.2) is 4.39 Å². The van der Waals surface area contributed by atoms with Crippen molar-refractivity contribution in [2.45, 2.75) is 44.7 Å². The molecule has 1 saturated carbocycles. The zero-order valence-electron chi connectivity index (χ0n) is 14.8. The van der Waals surface area contributed by atoms with Crippen molar-refractivity contribution in [3.63, 3.8) is 0 Å². The number of piperidine rings is 1. The normalized spacial score (nSPS) is 27.7. The van der Waals surface area contributed by atoms with Crippen molar-refractivity contribution in [3.05, 3.63) is 35.6 Å². The molecule has 25 heavy (non-hydrogen) atoms. The molecule has 2 aliphatic heterocycles. The molecule has 4 rings (SSSR count). The van der Waals surface area contributed by atoms with Gasteiger partial charge in [-0.15, -0.1) is 0 Å². The van der Waals surface area contributed by atoms with Crippen molar-refractivity contribution in [2.24, 2.45) is 5.41 Å². The van der Waals surface area contributed by atoms with Gasteiger partial charge in [0.05, 0.1) is 6.54 Å². The average molecular weight is 345 g/mol. The van der Waals surface area contributed by atoms with Gasteiger partial charge >= 0.3 is 0 Å². The standard InChI is InChI=1S/C20H28FN3O/c21-17-4-2-16(3-5-17)12-23-10-1-8-20(14-23)9-11-24(15-20)13-19(25)22-18-6-7-18/h2-5,18H,1,6-15H2,(H,22,25). The Balaban J connectivity index is 1.31. The number of nitrogens with one attached hydrogen (secondary N) is 1. The Morgan fingerprint density at radius 2 is 1.88 bits per heavy atom. The molecule has 5 heteroatoms. The molecule has 4 nitrogen and oxygen atoms in total. The van der Waals surface area contributed by atoms with Gasteiger partial charge in [-0.2, -0.15) is 0 Å². The van der Waals surface area contributed by atoms with Gasteiger partial charge in [0.1, 0.15) is 5.82 Å². The summed E-state index contributed by atoms with van der Waals surface area (Å²) in [6.07, 6.45) is 5.95. The van der Waals surface area contributed by atoms with Crippen LogP contribution in [0.5, 0.6) is 0 Å². The number of likely N-dealkylation sites (tertiary alicyclic amines) is 2. The van der Waals surface area contributed by atoms with Crippen LogP contribution >= 0.6 is 0 Å². The van der Waals surface area contributed by atoms with Crippen molar-refractivity contribution < 1.29 is 9.18 Å². The van der Waals surface area contributed by atoms with E-state index >= 15 is 0 Å². The van der Waals surface area contributed by atoms with E-state index < -0.39 is 0 Å². The highest BCUT2D eigenvalue weighted by molar-refractivity contribution is 5.78. The summed E-state index contributed by atoms with van der Waals surface area (Å²) in [4.78, 5) is 16.9. The lowest BCUT2D eigenvalue weighted by Gasteiger charge is -2.40. The average Bonchev–Trinajstić information content (AvgIpc) is 3.32. The van der Waals surface area contributed by atoms with Crippen LogP contribution in [-0.2, 0) is 11.3 Å². The van der Waals surface area contributed by atoms with Gasteiger partial charge in [0, 0.05) is 25.7 Å². The summed E-state index contributed by atoms with van der Waals surface area (Å²) in [5.41, 5.74) is 1.51. The number of amides is 1. The van der Waals surface area contributed by atoms with Crippen LogP contribution in [0.4, 0.5) is 4.39 Å². The Morgan fingerprint density at radius 3 is 2.64 bits per heavy atom. The molecule has 1 atom stereocenters. The Hall–Kier alpha value is -1.46. The van der Waals surface area contributed by atoms with E-state index in [9.17, 15) is 9.18 Å². The largest absolute Gasteiger partial charge is 0.352 e. The maximum Gasteiger partial charge on any atom is 0.234 e. The summed E-state index contributed by atoms with van der Waals surface area (Å²) < 4.78 is 13.1. The Kier molecular flexibility index (Phi) is 4.78. The third-order valence-corrected chi connectivity index (χ3v) is 5.89. The fourth-order valence-corrected chi connectivity index (χ4v) is 4.49. The summed E-state index contributed by atoms with van der Waals surface area (Å²) in [5, 5.41) is 3.10. The summed E-state index contributed by atoms with van der Waals surface area (Å²) in [5.74, 6) is 0.0216. The first kappa shape index (κ1) is 17.0. The molecular formula is C20H28FN3O. The van der Waals surface area contributed by atoms with Gasteiger partial charge in [0.25, 0.3) is 0 Å². The van der Waals surface area contributed by atoms with E-state index in [1.54, 1.807) is 12.1 Å². The van der Waals surface area contributed by atoms with Gasteiger partial charge in [0.15, 0.2) is 0 Å². The number of halogens is 1. The van der Waals surface area contributed by atoms with Gasteiger partial charge in [0.2, 0.25) is 5.91 Å². The third kappa shape index (κ3) is 4.39. The van der Waals surface area contributed by atoms with E-state index in [-0.39, 0.29) is 11.7 Å². The quantitative estimate of drug-likeness (QED) is 0.890. The summed E-state index contributed by atoms with van der Waals surface area (Å²) >= 11 is 0. The number of hydrogen-bond donors (Lipinski definition) is 1. The number of carbonyl (C=O) groups is 1. The number of hydrogen-bond acceptors (Lipinski definition) is 3. The number of benzene rings is 1. The van der Waals surface area contributed by atoms with Crippen molar-refractivity contribution in [3.8, 4) is 0 Å². The highest BCUT2D eigenvalue weighted by Crippen LogP contribution is 2.39. The molecule has 2 heterocycles. The van der Waals surface area contributed by atoms with E-state index in [0.29, 0.717) is 18.0 Å². The number of carbonyl (C=O) groups excluding carboxylic acids is 1. The van der Waals surface area contributed by atoms with Crippen LogP contribution < -0.4 is 5.32 Å². The molecule has 1 N–H and O–H groups in total. The molecule has 136 valence electrons. The zero-order chi connectivity index (χ0) is 17.3. The second-order valence-electron chi connectivity index (χ2n) is 8.24. The maximum atomic E-state index is 13.1. The lowest BCUT2D eigenvalue weighted by Crippen LogP contribution is -2.45. The molecule has 1 aromatic rings.